The maximum absolute atomic E-state index is 12.1. The highest BCUT2D eigenvalue weighted by Crippen LogP contribution is 2.32. The molecule has 0 radical (unpaired) electrons. The average molecular weight is 264 g/mol. The van der Waals surface area contributed by atoms with Crippen LogP contribution in [0.1, 0.15) is 28.9 Å². The molecule has 1 amide bonds. The zero-order chi connectivity index (χ0) is 14.0. The molecule has 0 aliphatic heterocycles. The van der Waals surface area contributed by atoms with Gasteiger partial charge in [0.2, 0.25) is 0 Å². The third-order valence-electron chi connectivity index (χ3n) is 3.29. The monoisotopic (exact) mass is 264 g/mol. The molecule has 1 atom stereocenters. The Morgan fingerprint density at radius 2 is 2.37 bits per heavy atom. The quantitative estimate of drug-likeness (QED) is 0.602. The topological polar surface area (TPSA) is 111 Å². The van der Waals surface area contributed by atoms with Crippen LogP contribution in [-0.4, -0.2) is 28.4 Å². The second-order valence-electron chi connectivity index (χ2n) is 4.74. The lowest BCUT2D eigenvalue weighted by molar-refractivity contribution is -0.385. The molecular formula is C12H16N4O3. The van der Waals surface area contributed by atoms with Gasteiger partial charge in [0.15, 0.2) is 0 Å². The van der Waals surface area contributed by atoms with Crippen molar-refractivity contribution < 1.29 is 9.72 Å². The minimum absolute atomic E-state index is 0.0637. The maximum atomic E-state index is 12.1. The molecule has 0 spiro atoms. The number of nitrogens with zero attached hydrogens (tertiary/aromatic N) is 2. The summed E-state index contributed by atoms with van der Waals surface area (Å²) in [6.45, 7) is 2.02. The molecule has 1 saturated carbocycles. The molecule has 3 N–H and O–H groups in total. The van der Waals surface area contributed by atoms with Crippen molar-refractivity contribution in [3.05, 3.63) is 33.6 Å². The summed E-state index contributed by atoms with van der Waals surface area (Å²) in [5.41, 5.74) is 6.13. The lowest BCUT2D eigenvalue weighted by Crippen LogP contribution is -2.42. The molecule has 1 aromatic rings. The summed E-state index contributed by atoms with van der Waals surface area (Å²) in [4.78, 5) is 26.1. The number of hydrogen-bond acceptors (Lipinski definition) is 5. The van der Waals surface area contributed by atoms with E-state index in [1.54, 1.807) is 6.92 Å². The first kappa shape index (κ1) is 13.4. The van der Waals surface area contributed by atoms with Gasteiger partial charge in [0, 0.05) is 18.7 Å². The maximum Gasteiger partial charge on any atom is 0.288 e. The Hall–Kier alpha value is -2.02. The lowest BCUT2D eigenvalue weighted by atomic mass is 10.1. The predicted octanol–water partition coefficient (Wildman–Crippen LogP) is 0.765. The molecule has 1 unspecified atom stereocenters. The van der Waals surface area contributed by atoms with E-state index < -0.39 is 4.92 Å². The van der Waals surface area contributed by atoms with Gasteiger partial charge in [-0.15, -0.1) is 0 Å². The zero-order valence-corrected chi connectivity index (χ0v) is 10.6. The number of nitrogens with one attached hydrogen (secondary N) is 1. The molecule has 1 aliphatic rings. The van der Waals surface area contributed by atoms with Crippen molar-refractivity contribution in [1.82, 2.24) is 10.3 Å². The number of carbonyl (C=O) groups excluding carboxylic acids is 1. The van der Waals surface area contributed by atoms with E-state index in [1.807, 2.05) is 0 Å². The summed E-state index contributed by atoms with van der Waals surface area (Å²) in [5.74, 6) is 0.0805. The molecule has 1 aliphatic carbocycles. The van der Waals surface area contributed by atoms with Crippen LogP contribution in [-0.2, 0) is 0 Å². The van der Waals surface area contributed by atoms with Crippen LogP contribution < -0.4 is 11.1 Å². The Bertz CT molecular complexity index is 514. The summed E-state index contributed by atoms with van der Waals surface area (Å²) in [7, 11) is 0. The summed E-state index contributed by atoms with van der Waals surface area (Å²) in [6, 6.07) is 1.18. The number of amides is 1. The Kier molecular flexibility index (Phi) is 3.75. The van der Waals surface area contributed by atoms with E-state index in [4.69, 9.17) is 5.73 Å². The SMILES string of the molecule is Cc1ncc([N+](=O)[O-])cc1C(=O)NC(CN)C1CC1. The van der Waals surface area contributed by atoms with Crippen LogP contribution >= 0.6 is 0 Å². The van der Waals surface area contributed by atoms with Gasteiger partial charge in [0.05, 0.1) is 16.2 Å². The van der Waals surface area contributed by atoms with Crippen molar-refractivity contribution in [2.75, 3.05) is 6.54 Å². The molecule has 2 rings (SSSR count). The Balaban J connectivity index is 2.17. The van der Waals surface area contributed by atoms with Crippen LogP contribution in [0.2, 0.25) is 0 Å². The molecule has 7 heteroatoms. The minimum Gasteiger partial charge on any atom is -0.348 e. The summed E-state index contributed by atoms with van der Waals surface area (Å²) >= 11 is 0. The van der Waals surface area contributed by atoms with Gasteiger partial charge in [-0.1, -0.05) is 0 Å². The lowest BCUT2D eigenvalue weighted by Gasteiger charge is -2.16. The first-order valence-corrected chi connectivity index (χ1v) is 6.15. The predicted molar refractivity (Wildman–Crippen MR) is 68.7 cm³/mol. The summed E-state index contributed by atoms with van der Waals surface area (Å²) < 4.78 is 0. The van der Waals surface area contributed by atoms with E-state index in [1.165, 1.54) is 6.07 Å². The molecule has 0 saturated heterocycles. The number of carbonyl (C=O) groups is 1. The number of nitrogens with two attached hydrogens (primary N) is 1. The molecule has 7 nitrogen and oxygen atoms in total. The van der Waals surface area contributed by atoms with Crippen molar-refractivity contribution >= 4 is 11.6 Å². The molecule has 0 bridgehead atoms. The highest BCUT2D eigenvalue weighted by molar-refractivity contribution is 5.96. The fourth-order valence-corrected chi connectivity index (χ4v) is 1.97. The van der Waals surface area contributed by atoms with E-state index in [0.29, 0.717) is 18.2 Å². The number of hydrogen-bond donors (Lipinski definition) is 2. The van der Waals surface area contributed by atoms with Crippen LogP contribution in [0.15, 0.2) is 12.3 Å². The minimum atomic E-state index is -0.565. The molecular weight excluding hydrogens is 248 g/mol. The molecule has 1 fully saturated rings. The standard InChI is InChI=1S/C12H16N4O3/c1-7-10(4-9(6-14-7)16(18)19)12(17)15-11(5-13)8-2-3-8/h4,6,8,11H,2-3,5,13H2,1H3,(H,15,17). The number of aryl methyl sites for hydroxylation is 1. The van der Waals surface area contributed by atoms with Crippen LogP contribution in [0.3, 0.4) is 0 Å². The summed E-state index contributed by atoms with van der Waals surface area (Å²) in [6.07, 6.45) is 3.27. The van der Waals surface area contributed by atoms with E-state index in [2.05, 4.69) is 10.3 Å². The van der Waals surface area contributed by atoms with Gasteiger partial charge in [-0.3, -0.25) is 19.9 Å². The van der Waals surface area contributed by atoms with Crippen LogP contribution in [0, 0.1) is 23.0 Å². The molecule has 19 heavy (non-hydrogen) atoms. The van der Waals surface area contributed by atoms with Gasteiger partial charge >= 0.3 is 0 Å². The second kappa shape index (κ2) is 5.31. The van der Waals surface area contributed by atoms with Gasteiger partial charge in [-0.2, -0.15) is 0 Å². The number of rotatable bonds is 5. The van der Waals surface area contributed by atoms with Gasteiger partial charge in [0.1, 0.15) is 6.20 Å². The van der Waals surface area contributed by atoms with Crippen molar-refractivity contribution in [2.24, 2.45) is 11.7 Å². The summed E-state index contributed by atoms with van der Waals surface area (Å²) in [5, 5.41) is 13.5. The smallest absolute Gasteiger partial charge is 0.288 e. The fraction of sp³-hybridized carbons (Fsp3) is 0.500. The fourth-order valence-electron chi connectivity index (χ4n) is 1.97. The average Bonchev–Trinajstić information content (AvgIpc) is 3.20. The number of pyridine rings is 1. The van der Waals surface area contributed by atoms with E-state index in [-0.39, 0.29) is 23.2 Å². The van der Waals surface area contributed by atoms with Gasteiger partial charge in [-0.25, -0.2) is 0 Å². The van der Waals surface area contributed by atoms with Crippen LogP contribution in [0.4, 0.5) is 5.69 Å². The Morgan fingerprint density at radius 3 is 2.89 bits per heavy atom. The third kappa shape index (κ3) is 3.05. The van der Waals surface area contributed by atoms with E-state index >= 15 is 0 Å². The van der Waals surface area contributed by atoms with E-state index in [0.717, 1.165) is 19.0 Å². The zero-order valence-electron chi connectivity index (χ0n) is 10.6. The molecule has 102 valence electrons. The van der Waals surface area contributed by atoms with Crippen molar-refractivity contribution in [2.45, 2.75) is 25.8 Å². The molecule has 0 aromatic carbocycles. The number of aromatic nitrogens is 1. The highest BCUT2D eigenvalue weighted by atomic mass is 16.6. The Labute approximate surface area is 110 Å². The van der Waals surface area contributed by atoms with Crippen molar-refractivity contribution in [3.8, 4) is 0 Å². The molecule has 1 aromatic heterocycles. The number of nitro groups is 1. The van der Waals surface area contributed by atoms with Crippen molar-refractivity contribution in [1.29, 1.82) is 0 Å². The second-order valence-corrected chi connectivity index (χ2v) is 4.74. The van der Waals surface area contributed by atoms with Gasteiger partial charge in [0.25, 0.3) is 11.6 Å². The van der Waals surface area contributed by atoms with Crippen LogP contribution in [0.25, 0.3) is 0 Å². The normalized spacial score (nSPS) is 15.9. The first-order valence-electron chi connectivity index (χ1n) is 6.15. The highest BCUT2D eigenvalue weighted by Gasteiger charge is 2.31. The van der Waals surface area contributed by atoms with E-state index in [9.17, 15) is 14.9 Å². The third-order valence-corrected chi connectivity index (χ3v) is 3.29. The first-order chi connectivity index (χ1) is 9.02. The van der Waals surface area contributed by atoms with Crippen LogP contribution in [0.5, 0.6) is 0 Å². The Morgan fingerprint density at radius 1 is 1.68 bits per heavy atom. The largest absolute Gasteiger partial charge is 0.348 e. The molecule has 1 heterocycles. The van der Waals surface area contributed by atoms with Gasteiger partial charge < -0.3 is 11.1 Å². The van der Waals surface area contributed by atoms with Gasteiger partial charge in [-0.05, 0) is 25.7 Å². The van der Waals surface area contributed by atoms with Crippen molar-refractivity contribution in [3.63, 3.8) is 0 Å².